The molecule has 0 saturated carbocycles. The van der Waals surface area contributed by atoms with E-state index in [1.54, 1.807) is 6.07 Å². The predicted molar refractivity (Wildman–Crippen MR) is 53.5 cm³/mol. The molecule has 2 N–H and O–H groups in total. The number of carbonyl (C=O) groups is 2. The number of hydrogen-bond donors (Lipinski definition) is 2. The van der Waals surface area contributed by atoms with Crippen molar-refractivity contribution in [3.63, 3.8) is 0 Å². The van der Waals surface area contributed by atoms with Gasteiger partial charge in [-0.3, -0.25) is 9.59 Å². The summed E-state index contributed by atoms with van der Waals surface area (Å²) < 4.78 is 13.1. The molecule has 4 nitrogen and oxygen atoms in total. The van der Waals surface area contributed by atoms with Crippen LogP contribution < -0.4 is 0 Å². The van der Waals surface area contributed by atoms with Gasteiger partial charge in [0.05, 0.1) is 0 Å². The van der Waals surface area contributed by atoms with Crippen molar-refractivity contribution >= 4 is 11.9 Å². The topological polar surface area (TPSA) is 74.6 Å². The third kappa shape index (κ3) is 3.05. The molecule has 0 fully saturated rings. The Labute approximate surface area is 91.3 Å². The highest BCUT2D eigenvalue weighted by molar-refractivity contribution is 5.92. The summed E-state index contributed by atoms with van der Waals surface area (Å²) in [4.78, 5) is 21.1. The Morgan fingerprint density at radius 3 is 2.25 bits per heavy atom. The van der Waals surface area contributed by atoms with Crippen LogP contribution in [0.5, 0.6) is 0 Å². The average molecular weight is 226 g/mol. The molecule has 0 bridgehead atoms. The maximum Gasteiger partial charge on any atom is 0.317 e. The predicted octanol–water partition coefficient (Wildman–Crippen LogP) is 1.54. The van der Waals surface area contributed by atoms with Gasteiger partial charge in [0, 0.05) is 0 Å². The van der Waals surface area contributed by atoms with E-state index in [1.807, 2.05) is 0 Å². The molecule has 0 aromatic heterocycles. The van der Waals surface area contributed by atoms with E-state index >= 15 is 0 Å². The van der Waals surface area contributed by atoms with Crippen molar-refractivity contribution in [3.8, 4) is 0 Å². The molecule has 1 aromatic carbocycles. The molecule has 0 amide bonds. The summed E-state index contributed by atoms with van der Waals surface area (Å²) in [5.41, 5.74) is 0.329. The lowest BCUT2D eigenvalue weighted by Crippen LogP contribution is -2.23. The molecule has 1 aromatic rings. The first-order valence-electron chi connectivity index (χ1n) is 4.71. The fourth-order valence-electron chi connectivity index (χ4n) is 1.35. The summed E-state index contributed by atoms with van der Waals surface area (Å²) in [5.74, 6) is -4.73. The number of aryl methyl sites for hydroxylation is 1. The first-order valence-corrected chi connectivity index (χ1v) is 4.71. The van der Waals surface area contributed by atoms with Crippen LogP contribution in [0.15, 0.2) is 24.3 Å². The Balaban J connectivity index is 2.66. The molecule has 1 rings (SSSR count). The molecular weight excluding hydrogens is 215 g/mol. The fraction of sp³-hybridized carbons (Fsp3) is 0.273. The lowest BCUT2D eigenvalue weighted by molar-refractivity contribution is -0.154. The number of carboxylic acid groups (broad SMARTS) is 2. The van der Waals surface area contributed by atoms with Crippen LogP contribution in [0.1, 0.15) is 12.0 Å². The zero-order valence-electron chi connectivity index (χ0n) is 8.39. The smallest absolute Gasteiger partial charge is 0.317 e. The van der Waals surface area contributed by atoms with Gasteiger partial charge in [0.15, 0.2) is 5.92 Å². The van der Waals surface area contributed by atoms with Crippen LogP contribution in [-0.2, 0) is 16.0 Å². The Morgan fingerprint density at radius 1 is 1.19 bits per heavy atom. The summed E-state index contributed by atoms with van der Waals surface area (Å²) in [6.07, 6.45) is -0.0262. The second kappa shape index (κ2) is 5.25. The lowest BCUT2D eigenvalue weighted by atomic mass is 9.99. The van der Waals surface area contributed by atoms with E-state index in [1.165, 1.54) is 18.2 Å². The number of rotatable bonds is 5. The van der Waals surface area contributed by atoms with Crippen molar-refractivity contribution in [2.75, 3.05) is 0 Å². The standard InChI is InChI=1S/C11H11FO4/c12-9-4-2-1-3-7(9)5-6-8(10(13)14)11(15)16/h1-4,8H,5-6H2,(H,13,14)(H,15,16). The molecule has 5 heteroatoms. The maximum absolute atomic E-state index is 13.1. The van der Waals surface area contributed by atoms with E-state index in [9.17, 15) is 14.0 Å². The first-order chi connectivity index (χ1) is 7.52. The van der Waals surface area contributed by atoms with Crippen LogP contribution in [0.4, 0.5) is 4.39 Å². The van der Waals surface area contributed by atoms with Crippen LogP contribution in [0.25, 0.3) is 0 Å². The Hall–Kier alpha value is -1.91. The summed E-state index contributed by atoms with van der Waals surface area (Å²) in [5, 5.41) is 17.2. The van der Waals surface area contributed by atoms with Crippen LogP contribution >= 0.6 is 0 Å². The largest absolute Gasteiger partial charge is 0.481 e. The van der Waals surface area contributed by atoms with E-state index in [4.69, 9.17) is 10.2 Å². The Kier molecular flexibility index (Phi) is 3.99. The van der Waals surface area contributed by atoms with Gasteiger partial charge in [-0.1, -0.05) is 18.2 Å². The minimum Gasteiger partial charge on any atom is -0.481 e. The number of halogens is 1. The minimum atomic E-state index is -1.49. The highest BCUT2D eigenvalue weighted by Crippen LogP contribution is 2.13. The van der Waals surface area contributed by atoms with Crippen LogP contribution in [0, 0.1) is 11.7 Å². The second-order valence-electron chi connectivity index (χ2n) is 3.36. The number of aliphatic carboxylic acids is 2. The molecule has 0 aliphatic carbocycles. The molecule has 86 valence electrons. The second-order valence-corrected chi connectivity index (χ2v) is 3.36. The Morgan fingerprint density at radius 2 is 1.75 bits per heavy atom. The molecule has 0 atom stereocenters. The first kappa shape index (κ1) is 12.2. The van der Waals surface area contributed by atoms with Crippen LogP contribution in [0.3, 0.4) is 0 Å². The van der Waals surface area contributed by atoms with Crippen molar-refractivity contribution in [1.82, 2.24) is 0 Å². The molecule has 0 saturated heterocycles. The monoisotopic (exact) mass is 226 g/mol. The third-order valence-electron chi connectivity index (χ3n) is 2.26. The quantitative estimate of drug-likeness (QED) is 0.747. The molecule has 0 heterocycles. The summed E-state index contributed by atoms with van der Waals surface area (Å²) in [6, 6.07) is 5.90. The van der Waals surface area contributed by atoms with E-state index < -0.39 is 23.7 Å². The molecule has 0 unspecified atom stereocenters. The van der Waals surface area contributed by atoms with Gasteiger partial charge in [-0.05, 0) is 24.5 Å². The minimum absolute atomic E-state index is 0.0932. The normalized spacial score (nSPS) is 10.4. The van der Waals surface area contributed by atoms with E-state index in [0.717, 1.165) is 0 Å². The molecule has 0 spiro atoms. The number of benzene rings is 1. The van der Waals surface area contributed by atoms with Gasteiger partial charge in [-0.15, -0.1) is 0 Å². The lowest BCUT2D eigenvalue weighted by Gasteiger charge is -2.07. The highest BCUT2D eigenvalue weighted by Gasteiger charge is 2.25. The van der Waals surface area contributed by atoms with Gasteiger partial charge in [0.1, 0.15) is 5.82 Å². The number of hydrogen-bond acceptors (Lipinski definition) is 2. The van der Waals surface area contributed by atoms with Crippen molar-refractivity contribution in [2.24, 2.45) is 5.92 Å². The van der Waals surface area contributed by atoms with Gasteiger partial charge in [-0.2, -0.15) is 0 Å². The molecule has 0 aliphatic heterocycles. The van der Waals surface area contributed by atoms with Crippen molar-refractivity contribution in [2.45, 2.75) is 12.8 Å². The van der Waals surface area contributed by atoms with Gasteiger partial charge < -0.3 is 10.2 Å². The van der Waals surface area contributed by atoms with Gasteiger partial charge >= 0.3 is 11.9 Å². The summed E-state index contributed by atoms with van der Waals surface area (Å²) in [7, 11) is 0. The average Bonchev–Trinajstić information content (AvgIpc) is 2.20. The molecule has 0 radical (unpaired) electrons. The van der Waals surface area contributed by atoms with Crippen LogP contribution in [-0.4, -0.2) is 22.2 Å². The van der Waals surface area contributed by atoms with Crippen molar-refractivity contribution in [1.29, 1.82) is 0 Å². The Bertz CT molecular complexity index is 389. The fourth-order valence-corrected chi connectivity index (χ4v) is 1.35. The summed E-state index contributed by atoms with van der Waals surface area (Å²) in [6.45, 7) is 0. The van der Waals surface area contributed by atoms with E-state index in [2.05, 4.69) is 0 Å². The van der Waals surface area contributed by atoms with Gasteiger partial charge in [0.25, 0.3) is 0 Å². The van der Waals surface area contributed by atoms with E-state index in [-0.39, 0.29) is 12.8 Å². The third-order valence-corrected chi connectivity index (χ3v) is 2.26. The molecule has 0 aliphatic rings. The SMILES string of the molecule is O=C(O)C(CCc1ccccc1F)C(=O)O. The van der Waals surface area contributed by atoms with Crippen LogP contribution in [0.2, 0.25) is 0 Å². The zero-order chi connectivity index (χ0) is 12.1. The van der Waals surface area contributed by atoms with Crippen molar-refractivity contribution < 1.29 is 24.2 Å². The maximum atomic E-state index is 13.1. The van der Waals surface area contributed by atoms with Gasteiger partial charge in [-0.25, -0.2) is 4.39 Å². The van der Waals surface area contributed by atoms with Crippen molar-refractivity contribution in [3.05, 3.63) is 35.6 Å². The zero-order valence-corrected chi connectivity index (χ0v) is 8.39. The number of carboxylic acids is 2. The molecule has 16 heavy (non-hydrogen) atoms. The molecular formula is C11H11FO4. The van der Waals surface area contributed by atoms with Gasteiger partial charge in [0.2, 0.25) is 0 Å². The highest BCUT2D eigenvalue weighted by atomic mass is 19.1. The summed E-state index contributed by atoms with van der Waals surface area (Å²) >= 11 is 0. The van der Waals surface area contributed by atoms with E-state index in [0.29, 0.717) is 5.56 Å².